The van der Waals surface area contributed by atoms with Crippen molar-refractivity contribution in [2.24, 2.45) is 5.73 Å². The van der Waals surface area contributed by atoms with Crippen LogP contribution < -0.4 is 16.8 Å². The maximum absolute atomic E-state index is 11.8. The molecule has 0 bridgehead atoms. The summed E-state index contributed by atoms with van der Waals surface area (Å²) in [7, 11) is 0. The van der Waals surface area contributed by atoms with E-state index in [2.05, 4.69) is 5.32 Å². The SMILES string of the molecule is Nc1ccccc1NC(=O)CCCCCCC[C@@H](N)C(=O)C=O. The number of anilines is 2. The van der Waals surface area contributed by atoms with Gasteiger partial charge in [0, 0.05) is 6.42 Å². The third-order valence-electron chi connectivity index (χ3n) is 3.64. The van der Waals surface area contributed by atoms with E-state index >= 15 is 0 Å². The fraction of sp³-hybridized carbons (Fsp3) is 0.471. The molecule has 6 nitrogen and oxygen atoms in total. The normalized spacial score (nSPS) is 11.7. The highest BCUT2D eigenvalue weighted by atomic mass is 16.2. The Balaban J connectivity index is 2.07. The zero-order chi connectivity index (χ0) is 17.1. The molecule has 0 saturated heterocycles. The van der Waals surface area contributed by atoms with Crippen LogP contribution in [-0.4, -0.2) is 24.0 Å². The predicted octanol–water partition coefficient (Wildman–Crippen LogP) is 2.03. The Hall–Kier alpha value is -2.21. The molecular formula is C17H25N3O3. The molecule has 0 aromatic heterocycles. The Bertz CT molecular complexity index is 532. The number of nitrogen functional groups attached to an aromatic ring is 1. The van der Waals surface area contributed by atoms with Crippen molar-refractivity contribution in [3.63, 3.8) is 0 Å². The number of hydrogen-bond acceptors (Lipinski definition) is 5. The van der Waals surface area contributed by atoms with Crippen molar-refractivity contribution in [1.29, 1.82) is 0 Å². The Morgan fingerprint density at radius 3 is 2.43 bits per heavy atom. The van der Waals surface area contributed by atoms with E-state index in [0.29, 0.717) is 24.2 Å². The lowest BCUT2D eigenvalue weighted by Crippen LogP contribution is -2.31. The van der Waals surface area contributed by atoms with E-state index in [1.165, 1.54) is 0 Å². The van der Waals surface area contributed by atoms with Gasteiger partial charge in [0.05, 0.1) is 17.4 Å². The number of unbranched alkanes of at least 4 members (excludes halogenated alkanes) is 4. The van der Waals surface area contributed by atoms with Gasteiger partial charge in [-0.2, -0.15) is 0 Å². The standard InChI is InChI=1S/C17H25N3O3/c18-13-8-6-7-10-15(13)20-17(23)11-5-3-1-2-4-9-14(19)16(22)12-21/h6-8,10,12,14H,1-5,9,11,18-19H2,(H,20,23)/t14-/m1/s1. The average molecular weight is 319 g/mol. The van der Waals surface area contributed by atoms with Crippen LogP contribution in [0.5, 0.6) is 0 Å². The number of nitrogens with two attached hydrogens (primary N) is 2. The van der Waals surface area contributed by atoms with Crippen LogP contribution in [0.3, 0.4) is 0 Å². The Kier molecular flexibility index (Phi) is 8.60. The molecule has 1 amide bonds. The van der Waals surface area contributed by atoms with Gasteiger partial charge < -0.3 is 16.8 Å². The number of benzene rings is 1. The van der Waals surface area contributed by atoms with Crippen LogP contribution in [0, 0.1) is 0 Å². The maximum atomic E-state index is 11.8. The second-order valence-electron chi connectivity index (χ2n) is 5.57. The van der Waals surface area contributed by atoms with Crippen LogP contribution in [0.25, 0.3) is 0 Å². The van der Waals surface area contributed by atoms with Gasteiger partial charge in [0.15, 0.2) is 6.29 Å². The first kappa shape index (κ1) is 18.8. The summed E-state index contributed by atoms with van der Waals surface area (Å²) in [5.41, 5.74) is 12.5. The second kappa shape index (κ2) is 10.5. The number of hydrogen-bond donors (Lipinski definition) is 3. The van der Waals surface area contributed by atoms with Crippen LogP contribution in [0.4, 0.5) is 11.4 Å². The minimum absolute atomic E-state index is 0.0403. The van der Waals surface area contributed by atoms with Crippen molar-refractivity contribution in [3.8, 4) is 0 Å². The summed E-state index contributed by atoms with van der Waals surface area (Å²) in [5.74, 6) is -0.580. The third kappa shape index (κ3) is 7.56. The highest BCUT2D eigenvalue weighted by Crippen LogP contribution is 2.17. The number of carbonyl (C=O) groups is 3. The molecule has 0 aliphatic rings. The zero-order valence-electron chi connectivity index (χ0n) is 13.3. The van der Waals surface area contributed by atoms with Crippen molar-refractivity contribution in [2.75, 3.05) is 11.1 Å². The van der Waals surface area contributed by atoms with Crippen molar-refractivity contribution >= 4 is 29.4 Å². The smallest absolute Gasteiger partial charge is 0.224 e. The first-order valence-electron chi connectivity index (χ1n) is 7.93. The molecule has 1 atom stereocenters. The van der Waals surface area contributed by atoms with Gasteiger partial charge in [0.2, 0.25) is 11.7 Å². The van der Waals surface area contributed by atoms with E-state index in [-0.39, 0.29) is 12.2 Å². The third-order valence-corrected chi connectivity index (χ3v) is 3.64. The summed E-state index contributed by atoms with van der Waals surface area (Å²) >= 11 is 0. The van der Waals surface area contributed by atoms with Crippen molar-refractivity contribution < 1.29 is 14.4 Å². The van der Waals surface area contributed by atoms with Crippen LogP contribution >= 0.6 is 0 Å². The second-order valence-corrected chi connectivity index (χ2v) is 5.57. The molecule has 1 rings (SSSR count). The zero-order valence-corrected chi connectivity index (χ0v) is 13.3. The predicted molar refractivity (Wildman–Crippen MR) is 90.8 cm³/mol. The largest absolute Gasteiger partial charge is 0.397 e. The van der Waals surface area contributed by atoms with E-state index in [1.807, 2.05) is 12.1 Å². The van der Waals surface area contributed by atoms with E-state index in [1.54, 1.807) is 12.1 Å². The number of aldehydes is 1. The first-order valence-corrected chi connectivity index (χ1v) is 7.93. The maximum Gasteiger partial charge on any atom is 0.224 e. The quantitative estimate of drug-likeness (QED) is 0.250. The molecule has 23 heavy (non-hydrogen) atoms. The number of nitrogens with one attached hydrogen (secondary N) is 1. The van der Waals surface area contributed by atoms with Gasteiger partial charge in [0.25, 0.3) is 0 Å². The number of Topliss-reactive ketones (excluding diaryl/α,β-unsaturated/α-hetero) is 1. The fourth-order valence-electron chi connectivity index (χ4n) is 2.23. The minimum Gasteiger partial charge on any atom is -0.397 e. The molecule has 5 N–H and O–H groups in total. The summed E-state index contributed by atoms with van der Waals surface area (Å²) in [5, 5.41) is 2.80. The van der Waals surface area contributed by atoms with Gasteiger partial charge in [-0.05, 0) is 25.0 Å². The van der Waals surface area contributed by atoms with Gasteiger partial charge in [-0.25, -0.2) is 0 Å². The summed E-state index contributed by atoms with van der Waals surface area (Å²) < 4.78 is 0. The number of amides is 1. The number of rotatable bonds is 11. The Morgan fingerprint density at radius 2 is 1.74 bits per heavy atom. The molecule has 0 aliphatic heterocycles. The van der Waals surface area contributed by atoms with Crippen LogP contribution in [-0.2, 0) is 14.4 Å². The summed E-state index contributed by atoms with van der Waals surface area (Å²) in [6.45, 7) is 0. The van der Waals surface area contributed by atoms with Gasteiger partial charge in [-0.3, -0.25) is 14.4 Å². The van der Waals surface area contributed by atoms with E-state index < -0.39 is 11.8 Å². The molecule has 0 spiro atoms. The molecule has 0 radical (unpaired) electrons. The highest BCUT2D eigenvalue weighted by Gasteiger charge is 2.11. The van der Waals surface area contributed by atoms with Crippen LogP contribution in [0.2, 0.25) is 0 Å². The van der Waals surface area contributed by atoms with Gasteiger partial charge in [-0.1, -0.05) is 37.8 Å². The summed E-state index contributed by atoms with van der Waals surface area (Å²) in [6, 6.07) is 6.49. The van der Waals surface area contributed by atoms with Crippen molar-refractivity contribution in [2.45, 2.75) is 51.0 Å². The lowest BCUT2D eigenvalue weighted by atomic mass is 10.0. The molecule has 0 unspecified atom stereocenters. The fourth-order valence-corrected chi connectivity index (χ4v) is 2.23. The topological polar surface area (TPSA) is 115 Å². The van der Waals surface area contributed by atoms with Crippen molar-refractivity contribution in [1.82, 2.24) is 0 Å². The monoisotopic (exact) mass is 319 g/mol. The number of carbonyl (C=O) groups excluding carboxylic acids is 3. The average Bonchev–Trinajstić information content (AvgIpc) is 2.55. The van der Waals surface area contributed by atoms with Crippen LogP contribution in [0.1, 0.15) is 44.9 Å². The molecule has 126 valence electrons. The highest BCUT2D eigenvalue weighted by molar-refractivity contribution is 6.27. The van der Waals surface area contributed by atoms with E-state index in [4.69, 9.17) is 11.5 Å². The molecule has 6 heteroatoms. The molecule has 0 fully saturated rings. The Morgan fingerprint density at radius 1 is 1.09 bits per heavy atom. The van der Waals surface area contributed by atoms with Gasteiger partial charge in [-0.15, -0.1) is 0 Å². The minimum atomic E-state index is -0.672. The van der Waals surface area contributed by atoms with E-state index in [9.17, 15) is 14.4 Å². The summed E-state index contributed by atoms with van der Waals surface area (Å²) in [4.78, 5) is 33.0. The summed E-state index contributed by atoms with van der Waals surface area (Å²) in [6.07, 6.45) is 5.74. The number of para-hydroxylation sites is 2. The van der Waals surface area contributed by atoms with Gasteiger partial charge in [0.1, 0.15) is 0 Å². The molecule has 0 heterocycles. The molecule has 0 aliphatic carbocycles. The molecule has 0 saturated carbocycles. The molecule has 1 aromatic carbocycles. The lowest BCUT2D eigenvalue weighted by molar-refractivity contribution is -0.130. The molecular weight excluding hydrogens is 294 g/mol. The number of ketones is 1. The van der Waals surface area contributed by atoms with Crippen LogP contribution in [0.15, 0.2) is 24.3 Å². The van der Waals surface area contributed by atoms with Gasteiger partial charge >= 0.3 is 0 Å². The first-order chi connectivity index (χ1) is 11.0. The van der Waals surface area contributed by atoms with Crippen molar-refractivity contribution in [3.05, 3.63) is 24.3 Å². The lowest BCUT2D eigenvalue weighted by Gasteiger charge is -2.08. The van der Waals surface area contributed by atoms with E-state index in [0.717, 1.165) is 32.1 Å². The Labute approximate surface area is 136 Å². The molecule has 1 aromatic rings.